The second kappa shape index (κ2) is 10.9. The van der Waals surface area contributed by atoms with Crippen LogP contribution in [0.3, 0.4) is 0 Å². The van der Waals surface area contributed by atoms with Crippen molar-refractivity contribution < 1.29 is 19.7 Å². The van der Waals surface area contributed by atoms with Crippen molar-refractivity contribution in [1.82, 2.24) is 15.8 Å². The molecule has 0 amide bonds. The van der Waals surface area contributed by atoms with E-state index >= 15 is 0 Å². The molecule has 3 aromatic carbocycles. The molecule has 4 N–H and O–H groups in total. The summed E-state index contributed by atoms with van der Waals surface area (Å²) in [5.74, 6) is -0.135. The van der Waals surface area contributed by atoms with E-state index in [1.165, 1.54) is 0 Å². The number of hydrogen-bond donors (Lipinski definition) is 4. The first-order valence-electron chi connectivity index (χ1n) is 12.3. The molecule has 0 saturated heterocycles. The third-order valence-corrected chi connectivity index (χ3v) is 6.58. The first-order valence-corrected chi connectivity index (χ1v) is 12.3. The molecule has 0 spiro atoms. The summed E-state index contributed by atoms with van der Waals surface area (Å²) in [6.45, 7) is 2.34. The number of fused-ring (bicyclic) bond motifs is 1. The van der Waals surface area contributed by atoms with Gasteiger partial charge in [0.15, 0.2) is 6.23 Å². The molecule has 0 aliphatic carbocycles. The smallest absolute Gasteiger partial charge is 0.336 e. The molecule has 4 aromatic rings. The Balaban J connectivity index is 1.28. The number of hydrazine groups is 1. The second-order valence-electron chi connectivity index (χ2n) is 9.23. The van der Waals surface area contributed by atoms with E-state index in [9.17, 15) is 15.0 Å². The highest BCUT2D eigenvalue weighted by molar-refractivity contribution is 5.97. The van der Waals surface area contributed by atoms with Crippen LogP contribution >= 0.6 is 0 Å². The van der Waals surface area contributed by atoms with Crippen molar-refractivity contribution in [3.05, 3.63) is 107 Å². The van der Waals surface area contributed by atoms with Crippen LogP contribution in [-0.4, -0.2) is 33.9 Å². The Kier molecular flexibility index (Phi) is 7.28. The zero-order valence-electron chi connectivity index (χ0n) is 20.5. The number of ether oxygens (including phenoxy) is 1. The van der Waals surface area contributed by atoms with Crippen molar-refractivity contribution in [2.75, 3.05) is 6.54 Å². The number of carbonyl (C=O) groups is 1. The molecule has 0 fully saturated rings. The minimum atomic E-state index is -0.943. The second-order valence-corrected chi connectivity index (χ2v) is 9.23. The predicted molar refractivity (Wildman–Crippen MR) is 142 cm³/mol. The van der Waals surface area contributed by atoms with E-state index in [0.29, 0.717) is 12.1 Å². The van der Waals surface area contributed by atoms with Crippen LogP contribution in [0.25, 0.3) is 22.3 Å². The first kappa shape index (κ1) is 24.6. The highest BCUT2D eigenvalue weighted by Gasteiger charge is 2.21. The number of carboxylic acids is 1. The van der Waals surface area contributed by atoms with Gasteiger partial charge < -0.3 is 14.9 Å². The van der Waals surface area contributed by atoms with Crippen molar-refractivity contribution in [1.29, 1.82) is 0 Å². The Hall–Kier alpha value is -4.04. The zero-order chi connectivity index (χ0) is 25.8. The number of nitrogens with one attached hydrogen (secondary N) is 2. The van der Waals surface area contributed by atoms with Gasteiger partial charge in [0.25, 0.3) is 0 Å². The molecule has 7 nitrogen and oxygen atoms in total. The lowest BCUT2D eigenvalue weighted by atomic mass is 9.92. The summed E-state index contributed by atoms with van der Waals surface area (Å²) in [6.07, 6.45) is 4.02. The van der Waals surface area contributed by atoms with Crippen LogP contribution in [-0.2, 0) is 6.42 Å². The number of nitrogens with zero attached hydrogens (tertiary/aromatic N) is 1. The largest absolute Gasteiger partial charge is 0.478 e. The van der Waals surface area contributed by atoms with E-state index in [4.69, 9.17) is 4.74 Å². The Labute approximate surface area is 215 Å². The predicted octanol–water partition coefficient (Wildman–Crippen LogP) is 4.90. The molecule has 0 unspecified atom stereocenters. The summed E-state index contributed by atoms with van der Waals surface area (Å²) in [5.41, 5.74) is 13.0. The van der Waals surface area contributed by atoms with Crippen LogP contribution < -0.4 is 15.6 Å². The molecule has 1 aliphatic heterocycles. The van der Waals surface area contributed by atoms with E-state index in [0.717, 1.165) is 52.0 Å². The third-order valence-electron chi connectivity index (χ3n) is 6.58. The quantitative estimate of drug-likeness (QED) is 0.258. The summed E-state index contributed by atoms with van der Waals surface area (Å²) in [7, 11) is 0. The lowest BCUT2D eigenvalue weighted by Gasteiger charge is -2.28. The maximum atomic E-state index is 11.9. The minimum absolute atomic E-state index is 0.220. The summed E-state index contributed by atoms with van der Waals surface area (Å²) in [6, 6.07) is 23.1. The van der Waals surface area contributed by atoms with Gasteiger partial charge in [-0.15, -0.1) is 0 Å². The standard InChI is InChI=1S/C30H29N3O4/c1-19-4-6-20(7-5-19)26-16-22(8-11-25(26)30(35)36)21-9-12-28-23(15-21)10-13-29(37-28)33-32-18-27(34)24-3-2-14-31-17-24/h2-9,11-12,14-17,27,29,32-34H,10,13,18H2,1H3,(H,35,36)/t27-,29+/m0/s1. The van der Waals surface area contributed by atoms with E-state index < -0.39 is 12.1 Å². The van der Waals surface area contributed by atoms with Crippen molar-refractivity contribution >= 4 is 5.97 Å². The Bertz CT molecular complexity index is 1390. The number of aryl methyl sites for hydroxylation is 2. The van der Waals surface area contributed by atoms with Crippen LogP contribution in [0.1, 0.15) is 39.6 Å². The Morgan fingerprint density at radius 2 is 1.81 bits per heavy atom. The zero-order valence-corrected chi connectivity index (χ0v) is 20.5. The van der Waals surface area contributed by atoms with Gasteiger partial charge in [-0.2, -0.15) is 0 Å². The average Bonchev–Trinajstić information content (AvgIpc) is 2.93. The molecule has 0 saturated carbocycles. The van der Waals surface area contributed by atoms with Gasteiger partial charge >= 0.3 is 5.97 Å². The topological polar surface area (TPSA) is 104 Å². The summed E-state index contributed by atoms with van der Waals surface area (Å²) < 4.78 is 6.12. The molecule has 2 heterocycles. The van der Waals surface area contributed by atoms with Gasteiger partial charge in [-0.05, 0) is 71.5 Å². The van der Waals surface area contributed by atoms with E-state index in [-0.39, 0.29) is 11.8 Å². The molecule has 0 bridgehead atoms. The van der Waals surface area contributed by atoms with Crippen LogP contribution in [0.2, 0.25) is 0 Å². The average molecular weight is 496 g/mol. The third kappa shape index (κ3) is 5.70. The fourth-order valence-electron chi connectivity index (χ4n) is 4.51. The van der Waals surface area contributed by atoms with Gasteiger partial charge in [0.1, 0.15) is 5.75 Å². The number of aromatic nitrogens is 1. The van der Waals surface area contributed by atoms with Crippen molar-refractivity contribution in [3.8, 4) is 28.0 Å². The molecule has 5 rings (SSSR count). The molecule has 1 aromatic heterocycles. The Morgan fingerprint density at radius 1 is 1.05 bits per heavy atom. The van der Waals surface area contributed by atoms with Crippen LogP contribution in [0.4, 0.5) is 0 Å². The normalized spacial score (nSPS) is 15.5. The number of rotatable bonds is 8. The number of aromatic carboxylic acids is 1. The lowest BCUT2D eigenvalue weighted by Crippen LogP contribution is -2.47. The van der Waals surface area contributed by atoms with Crippen LogP contribution in [0, 0.1) is 6.92 Å². The van der Waals surface area contributed by atoms with Crippen molar-refractivity contribution in [2.24, 2.45) is 0 Å². The van der Waals surface area contributed by atoms with Crippen molar-refractivity contribution in [2.45, 2.75) is 32.1 Å². The van der Waals surface area contributed by atoms with Gasteiger partial charge in [-0.3, -0.25) is 10.4 Å². The van der Waals surface area contributed by atoms with Crippen LogP contribution in [0.5, 0.6) is 5.75 Å². The maximum Gasteiger partial charge on any atom is 0.336 e. The minimum Gasteiger partial charge on any atom is -0.478 e. The first-order chi connectivity index (χ1) is 18.0. The molecule has 7 heteroatoms. The number of aliphatic hydroxyl groups excluding tert-OH is 1. The highest BCUT2D eigenvalue weighted by Crippen LogP contribution is 2.34. The van der Waals surface area contributed by atoms with E-state index in [2.05, 4.69) is 21.9 Å². The molecule has 0 radical (unpaired) electrons. The van der Waals surface area contributed by atoms with E-state index in [1.54, 1.807) is 24.5 Å². The lowest BCUT2D eigenvalue weighted by molar-refractivity contribution is 0.0697. The monoisotopic (exact) mass is 495 g/mol. The van der Waals surface area contributed by atoms with Crippen molar-refractivity contribution in [3.63, 3.8) is 0 Å². The van der Waals surface area contributed by atoms with Gasteiger partial charge in [0.2, 0.25) is 0 Å². The molecule has 1 aliphatic rings. The Morgan fingerprint density at radius 3 is 2.57 bits per heavy atom. The number of carboxylic acid groups (broad SMARTS) is 1. The maximum absolute atomic E-state index is 11.9. The summed E-state index contributed by atoms with van der Waals surface area (Å²) >= 11 is 0. The number of pyridine rings is 1. The number of benzene rings is 3. The molecular weight excluding hydrogens is 466 g/mol. The molecule has 37 heavy (non-hydrogen) atoms. The number of hydrogen-bond acceptors (Lipinski definition) is 6. The highest BCUT2D eigenvalue weighted by atomic mass is 16.5. The fourth-order valence-corrected chi connectivity index (χ4v) is 4.51. The molecular formula is C30H29N3O4. The van der Waals surface area contributed by atoms with E-state index in [1.807, 2.05) is 61.5 Å². The van der Waals surface area contributed by atoms with Crippen LogP contribution in [0.15, 0.2) is 85.2 Å². The fraction of sp³-hybridized carbons (Fsp3) is 0.200. The van der Waals surface area contributed by atoms with Gasteiger partial charge in [0.05, 0.1) is 11.7 Å². The van der Waals surface area contributed by atoms with Gasteiger partial charge in [-0.1, -0.05) is 48.0 Å². The summed E-state index contributed by atoms with van der Waals surface area (Å²) in [4.78, 5) is 15.9. The molecule has 2 atom stereocenters. The SMILES string of the molecule is Cc1ccc(-c2cc(-c3ccc4c(c3)CC[C@H](NNC[C@H](O)c3cccnc3)O4)ccc2C(=O)O)cc1. The van der Waals surface area contributed by atoms with Gasteiger partial charge in [0, 0.05) is 30.9 Å². The summed E-state index contributed by atoms with van der Waals surface area (Å²) in [5, 5.41) is 20.0. The molecule has 188 valence electrons. The number of aliphatic hydroxyl groups is 1. The van der Waals surface area contributed by atoms with Gasteiger partial charge in [-0.25, -0.2) is 10.2 Å².